The maximum absolute atomic E-state index is 6.23. The van der Waals surface area contributed by atoms with Crippen LogP contribution in [0.25, 0.3) is 0 Å². The van der Waals surface area contributed by atoms with Crippen LogP contribution in [-0.2, 0) is 4.74 Å². The second-order valence-corrected chi connectivity index (χ2v) is 7.46. The van der Waals surface area contributed by atoms with Crippen molar-refractivity contribution in [2.24, 2.45) is 17.6 Å². The first-order valence-electron chi connectivity index (χ1n) is 8.60. The van der Waals surface area contributed by atoms with Gasteiger partial charge in [-0.15, -0.1) is 0 Å². The molecule has 0 aliphatic carbocycles. The summed E-state index contributed by atoms with van der Waals surface area (Å²) in [6, 6.07) is 0. The van der Waals surface area contributed by atoms with Crippen molar-refractivity contribution < 1.29 is 4.74 Å². The van der Waals surface area contributed by atoms with Crippen molar-refractivity contribution in [3.63, 3.8) is 0 Å². The molecule has 1 saturated heterocycles. The van der Waals surface area contributed by atoms with Crippen LogP contribution in [0, 0.1) is 11.8 Å². The highest BCUT2D eigenvalue weighted by Crippen LogP contribution is 2.29. The molecule has 0 unspecified atom stereocenters. The number of rotatable bonds is 9. The highest BCUT2D eigenvalue weighted by Gasteiger charge is 2.38. The molecule has 126 valence electrons. The van der Waals surface area contributed by atoms with Crippen LogP contribution in [0.1, 0.15) is 40.5 Å². The van der Waals surface area contributed by atoms with E-state index >= 15 is 0 Å². The van der Waals surface area contributed by atoms with E-state index in [1.54, 1.807) is 7.11 Å². The lowest BCUT2D eigenvalue weighted by Gasteiger charge is -2.49. The summed E-state index contributed by atoms with van der Waals surface area (Å²) >= 11 is 0. The van der Waals surface area contributed by atoms with Crippen molar-refractivity contribution in [1.82, 2.24) is 9.80 Å². The van der Waals surface area contributed by atoms with Gasteiger partial charge < -0.3 is 15.4 Å². The highest BCUT2D eigenvalue weighted by molar-refractivity contribution is 4.96. The average molecular weight is 300 g/mol. The number of hydrogen-bond donors (Lipinski definition) is 1. The molecule has 1 heterocycles. The number of ether oxygens (including phenoxy) is 1. The summed E-state index contributed by atoms with van der Waals surface area (Å²) < 4.78 is 5.32. The number of piperidine rings is 1. The lowest BCUT2D eigenvalue weighted by Crippen LogP contribution is -2.61. The maximum Gasteiger partial charge on any atom is 0.0589 e. The number of nitrogens with zero attached hydrogens (tertiary/aromatic N) is 2. The van der Waals surface area contributed by atoms with Crippen LogP contribution in [0.4, 0.5) is 0 Å². The summed E-state index contributed by atoms with van der Waals surface area (Å²) in [7, 11) is 1.79. The summed E-state index contributed by atoms with van der Waals surface area (Å²) in [6.45, 7) is 16.4. The molecule has 0 atom stereocenters. The van der Waals surface area contributed by atoms with E-state index in [-0.39, 0.29) is 5.54 Å². The van der Waals surface area contributed by atoms with Gasteiger partial charge in [0.1, 0.15) is 0 Å². The summed E-state index contributed by atoms with van der Waals surface area (Å²) in [5.41, 5.74) is 6.41. The second-order valence-electron chi connectivity index (χ2n) is 7.46. The Morgan fingerprint density at radius 2 is 1.76 bits per heavy atom. The Hall–Kier alpha value is -0.160. The van der Waals surface area contributed by atoms with Crippen LogP contribution >= 0.6 is 0 Å². The molecule has 4 heteroatoms. The molecule has 0 saturated carbocycles. The molecule has 0 amide bonds. The van der Waals surface area contributed by atoms with Crippen molar-refractivity contribution in [2.75, 3.05) is 53.0 Å². The van der Waals surface area contributed by atoms with E-state index in [9.17, 15) is 0 Å². The Morgan fingerprint density at radius 1 is 1.14 bits per heavy atom. The third-order valence-electron chi connectivity index (χ3n) is 4.61. The van der Waals surface area contributed by atoms with Crippen molar-refractivity contribution in [1.29, 1.82) is 0 Å². The van der Waals surface area contributed by atoms with E-state index in [4.69, 9.17) is 10.5 Å². The van der Waals surface area contributed by atoms with Crippen molar-refractivity contribution in [2.45, 2.75) is 46.1 Å². The highest BCUT2D eigenvalue weighted by atomic mass is 16.5. The Morgan fingerprint density at radius 3 is 2.19 bits per heavy atom. The number of hydrogen-bond acceptors (Lipinski definition) is 4. The van der Waals surface area contributed by atoms with Gasteiger partial charge in [-0.05, 0) is 37.8 Å². The normalized spacial score (nSPS) is 19.9. The monoisotopic (exact) mass is 299 g/mol. The third kappa shape index (κ3) is 5.85. The maximum atomic E-state index is 6.23. The van der Waals surface area contributed by atoms with Gasteiger partial charge in [-0.1, -0.05) is 27.7 Å². The largest absolute Gasteiger partial charge is 0.383 e. The Labute approximate surface area is 132 Å². The lowest BCUT2D eigenvalue weighted by atomic mass is 9.84. The number of methoxy groups -OCH3 is 1. The molecule has 4 nitrogen and oxygen atoms in total. The predicted octanol–water partition coefficient (Wildman–Crippen LogP) is 2.04. The van der Waals surface area contributed by atoms with Gasteiger partial charge in [0.2, 0.25) is 0 Å². The SMILES string of the molecule is COCCN(CC(C)C)C1(CN)CCN(CC(C)C)CC1. The van der Waals surface area contributed by atoms with Gasteiger partial charge in [-0.2, -0.15) is 0 Å². The quantitative estimate of drug-likeness (QED) is 0.707. The molecule has 2 N–H and O–H groups in total. The molecule has 1 aliphatic rings. The molecule has 0 aromatic heterocycles. The zero-order valence-corrected chi connectivity index (χ0v) is 14.9. The number of likely N-dealkylation sites (tertiary alicyclic amines) is 1. The second kappa shape index (κ2) is 9.09. The summed E-state index contributed by atoms with van der Waals surface area (Å²) in [5.74, 6) is 1.41. The molecule has 0 radical (unpaired) electrons. The topological polar surface area (TPSA) is 41.7 Å². The van der Waals surface area contributed by atoms with E-state index in [1.807, 2.05) is 0 Å². The summed E-state index contributed by atoms with van der Waals surface area (Å²) in [4.78, 5) is 5.20. The molecule has 21 heavy (non-hydrogen) atoms. The minimum atomic E-state index is 0.177. The molecule has 1 aliphatic heterocycles. The predicted molar refractivity (Wildman–Crippen MR) is 90.6 cm³/mol. The van der Waals surface area contributed by atoms with Crippen LogP contribution in [0.2, 0.25) is 0 Å². The fourth-order valence-electron chi connectivity index (χ4n) is 3.48. The van der Waals surface area contributed by atoms with Crippen LogP contribution in [0.3, 0.4) is 0 Å². The van der Waals surface area contributed by atoms with Gasteiger partial charge in [-0.3, -0.25) is 4.90 Å². The smallest absolute Gasteiger partial charge is 0.0589 e. The lowest BCUT2D eigenvalue weighted by molar-refractivity contribution is 0.00186. The van der Waals surface area contributed by atoms with Gasteiger partial charge in [0.25, 0.3) is 0 Å². The zero-order chi connectivity index (χ0) is 15.9. The van der Waals surface area contributed by atoms with Gasteiger partial charge in [0, 0.05) is 38.8 Å². The van der Waals surface area contributed by atoms with Crippen molar-refractivity contribution >= 4 is 0 Å². The fourth-order valence-corrected chi connectivity index (χ4v) is 3.48. The first-order chi connectivity index (χ1) is 9.93. The molecule has 0 bridgehead atoms. The fraction of sp³-hybridized carbons (Fsp3) is 1.00. The third-order valence-corrected chi connectivity index (χ3v) is 4.61. The first-order valence-corrected chi connectivity index (χ1v) is 8.60. The average Bonchev–Trinajstić information content (AvgIpc) is 2.43. The van der Waals surface area contributed by atoms with E-state index in [1.165, 1.54) is 32.5 Å². The van der Waals surface area contributed by atoms with Crippen LogP contribution in [0.15, 0.2) is 0 Å². The van der Waals surface area contributed by atoms with Crippen LogP contribution in [0.5, 0.6) is 0 Å². The first kappa shape index (κ1) is 18.9. The summed E-state index contributed by atoms with van der Waals surface area (Å²) in [6.07, 6.45) is 2.37. The Balaban J connectivity index is 2.68. The zero-order valence-electron chi connectivity index (χ0n) is 14.9. The Kier molecular flexibility index (Phi) is 8.17. The molecular formula is C17H37N3O. The summed E-state index contributed by atoms with van der Waals surface area (Å²) in [5, 5.41) is 0. The molecule has 1 fully saturated rings. The van der Waals surface area contributed by atoms with E-state index in [0.29, 0.717) is 5.92 Å². The minimum absolute atomic E-state index is 0.177. The van der Waals surface area contributed by atoms with Crippen molar-refractivity contribution in [3.05, 3.63) is 0 Å². The van der Waals surface area contributed by atoms with Gasteiger partial charge in [0.15, 0.2) is 0 Å². The van der Waals surface area contributed by atoms with E-state index in [0.717, 1.165) is 32.2 Å². The number of nitrogens with two attached hydrogens (primary N) is 1. The van der Waals surface area contributed by atoms with Gasteiger partial charge in [-0.25, -0.2) is 0 Å². The van der Waals surface area contributed by atoms with E-state index < -0.39 is 0 Å². The molecule has 0 aromatic rings. The van der Waals surface area contributed by atoms with E-state index in [2.05, 4.69) is 37.5 Å². The Bertz CT molecular complexity index is 273. The molecular weight excluding hydrogens is 262 g/mol. The molecule has 0 spiro atoms. The van der Waals surface area contributed by atoms with Crippen LogP contribution in [-0.4, -0.2) is 68.3 Å². The standard InChI is InChI=1S/C17H37N3O/c1-15(2)12-19-8-6-17(14-18,7-9-19)20(10-11-21-5)13-16(3)4/h15-16H,6-14,18H2,1-5H3. The molecule has 1 rings (SSSR count). The molecule has 0 aromatic carbocycles. The van der Waals surface area contributed by atoms with Crippen LogP contribution < -0.4 is 5.73 Å². The van der Waals surface area contributed by atoms with Gasteiger partial charge in [0.05, 0.1) is 6.61 Å². The van der Waals surface area contributed by atoms with Crippen molar-refractivity contribution in [3.8, 4) is 0 Å². The van der Waals surface area contributed by atoms with Gasteiger partial charge >= 0.3 is 0 Å². The minimum Gasteiger partial charge on any atom is -0.383 e.